The smallest absolute Gasteiger partial charge is 0.123 e. The van der Waals surface area contributed by atoms with Gasteiger partial charge in [0.05, 0.1) is 7.11 Å². The third-order valence-corrected chi connectivity index (χ3v) is 3.01. The van der Waals surface area contributed by atoms with Gasteiger partial charge in [0.1, 0.15) is 11.6 Å². The van der Waals surface area contributed by atoms with Crippen molar-refractivity contribution in [1.82, 2.24) is 5.32 Å². The minimum absolute atomic E-state index is 0.209. The van der Waals surface area contributed by atoms with Crippen LogP contribution in [-0.4, -0.2) is 13.7 Å². The van der Waals surface area contributed by atoms with Crippen molar-refractivity contribution >= 4 is 0 Å². The maximum Gasteiger partial charge on any atom is 0.123 e. The molecule has 0 spiro atoms. The maximum atomic E-state index is 13.4. The Morgan fingerprint density at radius 3 is 2.74 bits per heavy atom. The molecule has 3 heteroatoms. The zero-order valence-electron chi connectivity index (χ0n) is 11.2. The summed E-state index contributed by atoms with van der Waals surface area (Å²) in [6.45, 7) is 3.54. The topological polar surface area (TPSA) is 21.3 Å². The fourth-order valence-electron chi connectivity index (χ4n) is 2.04. The number of methoxy groups -OCH3 is 1. The van der Waals surface area contributed by atoms with E-state index in [0.29, 0.717) is 6.54 Å². The van der Waals surface area contributed by atoms with Crippen LogP contribution in [0.2, 0.25) is 0 Å². The Kier molecular flexibility index (Phi) is 4.53. The van der Waals surface area contributed by atoms with Crippen LogP contribution in [-0.2, 0) is 6.54 Å². The van der Waals surface area contributed by atoms with E-state index in [1.165, 1.54) is 6.07 Å². The van der Waals surface area contributed by atoms with Crippen molar-refractivity contribution < 1.29 is 9.13 Å². The lowest BCUT2D eigenvalue weighted by Crippen LogP contribution is -2.12. The van der Waals surface area contributed by atoms with Gasteiger partial charge in [-0.05, 0) is 47.5 Å². The molecule has 2 aromatic carbocycles. The average Bonchev–Trinajstić information content (AvgIpc) is 2.45. The average molecular weight is 259 g/mol. The maximum absolute atomic E-state index is 13.4. The summed E-state index contributed by atoms with van der Waals surface area (Å²) >= 11 is 0. The van der Waals surface area contributed by atoms with Gasteiger partial charge >= 0.3 is 0 Å². The number of nitrogens with one attached hydrogen (secondary N) is 1. The molecular weight excluding hydrogens is 241 g/mol. The van der Waals surface area contributed by atoms with E-state index in [2.05, 4.69) is 5.32 Å². The Morgan fingerprint density at radius 1 is 1.16 bits per heavy atom. The molecule has 0 aromatic heterocycles. The van der Waals surface area contributed by atoms with Gasteiger partial charge in [-0.2, -0.15) is 0 Å². The van der Waals surface area contributed by atoms with Crippen molar-refractivity contribution in [3.05, 3.63) is 53.8 Å². The van der Waals surface area contributed by atoms with Gasteiger partial charge in [0.15, 0.2) is 0 Å². The second-order valence-electron chi connectivity index (χ2n) is 4.31. The third kappa shape index (κ3) is 3.32. The van der Waals surface area contributed by atoms with Gasteiger partial charge in [0, 0.05) is 6.54 Å². The minimum Gasteiger partial charge on any atom is -0.497 e. The van der Waals surface area contributed by atoms with Crippen molar-refractivity contribution in [2.75, 3.05) is 13.7 Å². The number of hydrogen-bond acceptors (Lipinski definition) is 2. The molecule has 19 heavy (non-hydrogen) atoms. The van der Waals surface area contributed by atoms with Crippen LogP contribution in [0.5, 0.6) is 5.75 Å². The van der Waals surface area contributed by atoms with Crippen molar-refractivity contribution in [3.63, 3.8) is 0 Å². The van der Waals surface area contributed by atoms with Crippen LogP contribution in [0.15, 0.2) is 42.5 Å². The molecule has 0 fully saturated rings. The minimum atomic E-state index is -0.209. The van der Waals surface area contributed by atoms with Gasteiger partial charge < -0.3 is 10.1 Å². The highest BCUT2D eigenvalue weighted by Crippen LogP contribution is 2.27. The summed E-state index contributed by atoms with van der Waals surface area (Å²) in [6, 6.07) is 12.7. The number of benzene rings is 2. The highest BCUT2D eigenvalue weighted by molar-refractivity contribution is 5.68. The summed E-state index contributed by atoms with van der Waals surface area (Å²) in [6.07, 6.45) is 0. The molecule has 0 aliphatic rings. The Labute approximate surface area is 113 Å². The van der Waals surface area contributed by atoms with Gasteiger partial charge in [-0.15, -0.1) is 0 Å². The zero-order chi connectivity index (χ0) is 13.7. The lowest BCUT2D eigenvalue weighted by atomic mass is 9.99. The van der Waals surface area contributed by atoms with Crippen molar-refractivity contribution in [1.29, 1.82) is 0 Å². The van der Waals surface area contributed by atoms with E-state index in [-0.39, 0.29) is 5.82 Å². The molecule has 1 N–H and O–H groups in total. The first-order chi connectivity index (χ1) is 9.24. The number of rotatable bonds is 5. The first-order valence-electron chi connectivity index (χ1n) is 6.38. The molecule has 0 bridgehead atoms. The highest BCUT2D eigenvalue weighted by Gasteiger charge is 2.07. The summed E-state index contributed by atoms with van der Waals surface area (Å²) in [5.41, 5.74) is 3.02. The van der Waals surface area contributed by atoms with Gasteiger partial charge in [-0.3, -0.25) is 0 Å². The Bertz CT molecular complexity index is 554. The highest BCUT2D eigenvalue weighted by atomic mass is 19.1. The Balaban J connectivity index is 2.41. The molecule has 2 nitrogen and oxygen atoms in total. The van der Waals surface area contributed by atoms with Gasteiger partial charge in [0.2, 0.25) is 0 Å². The van der Waals surface area contributed by atoms with Gasteiger partial charge in [-0.1, -0.05) is 25.1 Å². The summed E-state index contributed by atoms with van der Waals surface area (Å²) in [5, 5.41) is 3.23. The zero-order valence-corrected chi connectivity index (χ0v) is 11.2. The molecule has 0 aliphatic heterocycles. The van der Waals surface area contributed by atoms with Crippen LogP contribution >= 0.6 is 0 Å². The summed E-state index contributed by atoms with van der Waals surface area (Å²) < 4.78 is 18.6. The Hall–Kier alpha value is -1.87. The second-order valence-corrected chi connectivity index (χ2v) is 4.31. The summed E-state index contributed by atoms with van der Waals surface area (Å²) in [4.78, 5) is 0. The largest absolute Gasteiger partial charge is 0.497 e. The second kappa shape index (κ2) is 6.34. The van der Waals surface area contributed by atoms with E-state index in [1.54, 1.807) is 13.2 Å². The van der Waals surface area contributed by atoms with E-state index in [0.717, 1.165) is 29.0 Å². The van der Waals surface area contributed by atoms with Crippen LogP contribution < -0.4 is 10.1 Å². The number of hydrogen-bond donors (Lipinski definition) is 1. The van der Waals surface area contributed by atoms with Crippen molar-refractivity contribution in [2.24, 2.45) is 0 Å². The SMILES string of the molecule is CCNCc1cc(F)ccc1-c1cccc(OC)c1. The van der Waals surface area contributed by atoms with E-state index < -0.39 is 0 Å². The van der Waals surface area contributed by atoms with Crippen molar-refractivity contribution in [2.45, 2.75) is 13.5 Å². The first kappa shape index (κ1) is 13.6. The molecular formula is C16H18FNO. The molecule has 0 amide bonds. The molecule has 0 heterocycles. The van der Waals surface area contributed by atoms with Crippen molar-refractivity contribution in [3.8, 4) is 16.9 Å². The lowest BCUT2D eigenvalue weighted by molar-refractivity contribution is 0.415. The summed E-state index contributed by atoms with van der Waals surface area (Å²) in [5.74, 6) is 0.593. The molecule has 0 unspecified atom stereocenters. The molecule has 0 radical (unpaired) electrons. The van der Waals surface area contributed by atoms with Crippen LogP contribution in [0.3, 0.4) is 0 Å². The quantitative estimate of drug-likeness (QED) is 0.885. The number of ether oxygens (including phenoxy) is 1. The molecule has 2 rings (SSSR count). The lowest BCUT2D eigenvalue weighted by Gasteiger charge is -2.11. The monoisotopic (exact) mass is 259 g/mol. The normalized spacial score (nSPS) is 10.5. The standard InChI is InChI=1S/C16H18FNO/c1-3-18-11-13-9-14(17)7-8-16(13)12-5-4-6-15(10-12)19-2/h4-10,18H,3,11H2,1-2H3. The molecule has 0 atom stereocenters. The third-order valence-electron chi connectivity index (χ3n) is 3.01. The molecule has 2 aromatic rings. The van der Waals surface area contributed by atoms with E-state index in [4.69, 9.17) is 4.74 Å². The van der Waals surface area contributed by atoms with Crippen LogP contribution in [0.1, 0.15) is 12.5 Å². The van der Waals surface area contributed by atoms with Crippen LogP contribution in [0.4, 0.5) is 4.39 Å². The Morgan fingerprint density at radius 2 is 2.00 bits per heavy atom. The molecule has 0 saturated heterocycles. The van der Waals surface area contributed by atoms with Crippen LogP contribution in [0.25, 0.3) is 11.1 Å². The number of halogens is 1. The predicted molar refractivity (Wildman–Crippen MR) is 75.8 cm³/mol. The van der Waals surface area contributed by atoms with E-state index in [9.17, 15) is 4.39 Å². The summed E-state index contributed by atoms with van der Waals surface area (Å²) in [7, 11) is 1.64. The van der Waals surface area contributed by atoms with E-state index >= 15 is 0 Å². The molecule has 0 aliphatic carbocycles. The fourth-order valence-corrected chi connectivity index (χ4v) is 2.04. The molecule has 0 saturated carbocycles. The van der Waals surface area contributed by atoms with Gasteiger partial charge in [-0.25, -0.2) is 4.39 Å². The fraction of sp³-hybridized carbons (Fsp3) is 0.250. The van der Waals surface area contributed by atoms with Gasteiger partial charge in [0.25, 0.3) is 0 Å². The van der Waals surface area contributed by atoms with Crippen LogP contribution in [0, 0.1) is 5.82 Å². The first-order valence-corrected chi connectivity index (χ1v) is 6.38. The van der Waals surface area contributed by atoms with E-state index in [1.807, 2.05) is 37.3 Å². The molecule has 100 valence electrons. The predicted octanol–water partition coefficient (Wildman–Crippen LogP) is 3.61.